The number of dihydropyridines is 1. The minimum absolute atomic E-state index is 0.0470. The van der Waals surface area contributed by atoms with E-state index in [1.54, 1.807) is 12.1 Å². The summed E-state index contributed by atoms with van der Waals surface area (Å²) in [6, 6.07) is 24.1. The molecule has 4 nitrogen and oxygen atoms in total. The van der Waals surface area contributed by atoms with Crippen molar-refractivity contribution in [1.82, 2.24) is 5.32 Å². The van der Waals surface area contributed by atoms with Crippen LogP contribution in [0.1, 0.15) is 55.2 Å². The zero-order valence-electron chi connectivity index (χ0n) is 20.5. The van der Waals surface area contributed by atoms with Gasteiger partial charge in [-0.25, -0.2) is 4.39 Å². The second-order valence-corrected chi connectivity index (χ2v) is 9.49. The highest BCUT2D eigenvalue weighted by atomic mass is 19.1. The van der Waals surface area contributed by atoms with Gasteiger partial charge in [0.25, 0.3) is 5.91 Å². The van der Waals surface area contributed by atoms with Crippen LogP contribution < -0.4 is 10.6 Å². The van der Waals surface area contributed by atoms with E-state index in [1.165, 1.54) is 17.7 Å². The first-order valence-electron chi connectivity index (χ1n) is 12.4. The van der Waals surface area contributed by atoms with E-state index in [-0.39, 0.29) is 17.6 Å². The number of carbonyl (C=O) groups excluding carboxylic acids is 2. The van der Waals surface area contributed by atoms with E-state index in [2.05, 4.69) is 41.8 Å². The van der Waals surface area contributed by atoms with Crippen LogP contribution >= 0.6 is 0 Å². The highest BCUT2D eigenvalue weighted by molar-refractivity contribution is 6.10. The predicted molar refractivity (Wildman–Crippen MR) is 140 cm³/mol. The van der Waals surface area contributed by atoms with Crippen LogP contribution in [0.2, 0.25) is 0 Å². The maximum absolute atomic E-state index is 13.8. The number of carbonyl (C=O) groups is 2. The standard InChI is InChI=1S/C31H29FN2O2/c1-3-20-12-14-22(15-13-20)29-28(31(36)34-25-11-7-10-24(32)18-25)19(2)33-26-16-23(17-27(35)30(26)29)21-8-5-4-6-9-21/h4-15,18,23,29,33H,3,16-17H2,1-2H3,(H,34,36). The van der Waals surface area contributed by atoms with Crippen LogP contribution in [-0.2, 0) is 16.0 Å². The smallest absolute Gasteiger partial charge is 0.254 e. The van der Waals surface area contributed by atoms with Crippen molar-refractivity contribution in [3.05, 3.63) is 124 Å². The Morgan fingerprint density at radius 1 is 0.972 bits per heavy atom. The van der Waals surface area contributed by atoms with Crippen LogP contribution in [0.3, 0.4) is 0 Å². The number of anilines is 1. The summed E-state index contributed by atoms with van der Waals surface area (Å²) in [5.74, 6) is -1.13. The van der Waals surface area contributed by atoms with E-state index in [0.29, 0.717) is 35.4 Å². The Balaban J connectivity index is 1.56. The Morgan fingerprint density at radius 3 is 2.42 bits per heavy atom. The van der Waals surface area contributed by atoms with Gasteiger partial charge in [-0.05, 0) is 60.6 Å². The predicted octanol–water partition coefficient (Wildman–Crippen LogP) is 6.39. The van der Waals surface area contributed by atoms with E-state index >= 15 is 0 Å². The quantitative estimate of drug-likeness (QED) is 0.445. The van der Waals surface area contributed by atoms with Crippen LogP contribution in [0, 0.1) is 5.82 Å². The van der Waals surface area contributed by atoms with Crippen LogP contribution in [0.25, 0.3) is 0 Å². The molecule has 1 heterocycles. The van der Waals surface area contributed by atoms with Crippen molar-refractivity contribution >= 4 is 17.4 Å². The molecule has 0 aromatic heterocycles. The van der Waals surface area contributed by atoms with Gasteiger partial charge in [0.2, 0.25) is 0 Å². The van der Waals surface area contributed by atoms with E-state index in [4.69, 9.17) is 0 Å². The zero-order valence-corrected chi connectivity index (χ0v) is 20.5. The maximum Gasteiger partial charge on any atom is 0.254 e. The summed E-state index contributed by atoms with van der Waals surface area (Å²) in [5.41, 5.74) is 6.32. The largest absolute Gasteiger partial charge is 0.362 e. The Kier molecular flexibility index (Phi) is 6.55. The summed E-state index contributed by atoms with van der Waals surface area (Å²) in [4.78, 5) is 27.3. The number of Topliss-reactive ketones (excluding diaryl/α,β-unsaturated/α-hetero) is 1. The number of hydrogen-bond acceptors (Lipinski definition) is 3. The summed E-state index contributed by atoms with van der Waals surface area (Å²) in [5, 5.41) is 6.24. The van der Waals surface area contributed by atoms with E-state index < -0.39 is 11.7 Å². The topological polar surface area (TPSA) is 58.2 Å². The van der Waals surface area contributed by atoms with E-state index in [0.717, 1.165) is 23.2 Å². The molecule has 0 radical (unpaired) electrons. The zero-order chi connectivity index (χ0) is 25.2. The molecule has 3 aromatic carbocycles. The average molecular weight is 481 g/mol. The van der Waals surface area contributed by atoms with Gasteiger partial charge in [-0.1, -0.05) is 67.6 Å². The van der Waals surface area contributed by atoms with Crippen LogP contribution in [-0.4, -0.2) is 11.7 Å². The van der Waals surface area contributed by atoms with Gasteiger partial charge in [0.05, 0.1) is 0 Å². The van der Waals surface area contributed by atoms with Gasteiger partial charge in [-0.2, -0.15) is 0 Å². The minimum atomic E-state index is -0.495. The Labute approximate surface area is 210 Å². The molecule has 36 heavy (non-hydrogen) atoms. The molecular weight excluding hydrogens is 451 g/mol. The molecule has 2 aliphatic rings. The lowest BCUT2D eigenvalue weighted by atomic mass is 9.71. The molecule has 2 N–H and O–H groups in total. The Hall–Kier alpha value is -3.99. The molecule has 0 bridgehead atoms. The average Bonchev–Trinajstić information content (AvgIpc) is 2.88. The van der Waals surface area contributed by atoms with Crippen LogP contribution in [0.15, 0.2) is 101 Å². The molecule has 1 amide bonds. The van der Waals surface area contributed by atoms with Crippen molar-refractivity contribution in [3.8, 4) is 0 Å². The highest BCUT2D eigenvalue weighted by Crippen LogP contribution is 2.45. The SMILES string of the molecule is CCc1ccc(C2C(C(=O)Nc3cccc(F)c3)=C(C)NC3=C2C(=O)CC(c2ccccc2)C3)cc1. The number of amides is 1. The molecule has 3 aromatic rings. The van der Waals surface area contributed by atoms with Crippen molar-refractivity contribution in [2.45, 2.75) is 44.9 Å². The number of benzene rings is 3. The van der Waals surface area contributed by atoms with Gasteiger partial charge in [-0.15, -0.1) is 0 Å². The molecular formula is C31H29FN2O2. The summed E-state index contributed by atoms with van der Waals surface area (Å²) in [6.07, 6.45) is 2.00. The molecule has 2 atom stereocenters. The fraction of sp³-hybridized carbons (Fsp3) is 0.226. The second-order valence-electron chi connectivity index (χ2n) is 9.49. The number of nitrogens with one attached hydrogen (secondary N) is 2. The van der Waals surface area contributed by atoms with Gasteiger partial charge in [0.15, 0.2) is 5.78 Å². The minimum Gasteiger partial charge on any atom is -0.362 e. The number of hydrogen-bond donors (Lipinski definition) is 2. The Morgan fingerprint density at radius 2 is 1.72 bits per heavy atom. The highest BCUT2D eigenvalue weighted by Gasteiger charge is 2.40. The van der Waals surface area contributed by atoms with Crippen molar-refractivity contribution < 1.29 is 14.0 Å². The second kappa shape index (κ2) is 9.94. The molecule has 182 valence electrons. The lowest BCUT2D eigenvalue weighted by Crippen LogP contribution is -2.37. The number of ketones is 1. The first-order valence-corrected chi connectivity index (χ1v) is 12.4. The van der Waals surface area contributed by atoms with Crippen molar-refractivity contribution in [1.29, 1.82) is 0 Å². The number of halogens is 1. The molecule has 0 saturated heterocycles. The normalized spacial score (nSPS) is 19.6. The molecule has 1 aliphatic carbocycles. The van der Waals surface area contributed by atoms with Gasteiger partial charge in [0.1, 0.15) is 5.82 Å². The van der Waals surface area contributed by atoms with Gasteiger partial charge < -0.3 is 10.6 Å². The fourth-order valence-corrected chi connectivity index (χ4v) is 5.34. The van der Waals surface area contributed by atoms with Gasteiger partial charge >= 0.3 is 0 Å². The molecule has 5 rings (SSSR count). The third-order valence-corrected chi connectivity index (χ3v) is 7.15. The number of aryl methyl sites for hydroxylation is 1. The molecule has 0 fully saturated rings. The van der Waals surface area contributed by atoms with Crippen molar-refractivity contribution in [2.75, 3.05) is 5.32 Å². The summed E-state index contributed by atoms with van der Waals surface area (Å²) in [6.45, 7) is 3.96. The molecule has 0 saturated carbocycles. The van der Waals surface area contributed by atoms with Crippen molar-refractivity contribution in [2.24, 2.45) is 0 Å². The summed E-state index contributed by atoms with van der Waals surface area (Å²) in [7, 11) is 0. The molecule has 1 aliphatic heterocycles. The Bertz CT molecular complexity index is 1370. The van der Waals surface area contributed by atoms with Gasteiger partial charge in [-0.3, -0.25) is 9.59 Å². The maximum atomic E-state index is 13.8. The van der Waals surface area contributed by atoms with Crippen LogP contribution in [0.4, 0.5) is 10.1 Å². The van der Waals surface area contributed by atoms with Gasteiger partial charge in [0, 0.05) is 40.6 Å². The molecule has 0 spiro atoms. The first-order chi connectivity index (χ1) is 17.4. The lowest BCUT2D eigenvalue weighted by Gasteiger charge is -2.37. The third kappa shape index (κ3) is 4.61. The third-order valence-electron chi connectivity index (χ3n) is 7.15. The molecule has 2 unspecified atom stereocenters. The van der Waals surface area contributed by atoms with E-state index in [9.17, 15) is 14.0 Å². The van der Waals surface area contributed by atoms with Crippen LogP contribution in [0.5, 0.6) is 0 Å². The fourth-order valence-electron chi connectivity index (χ4n) is 5.34. The lowest BCUT2D eigenvalue weighted by molar-refractivity contribution is -0.116. The monoisotopic (exact) mass is 480 g/mol. The first kappa shape index (κ1) is 23.7. The number of allylic oxidation sites excluding steroid dienone is 3. The summed E-state index contributed by atoms with van der Waals surface area (Å²) < 4.78 is 13.8. The summed E-state index contributed by atoms with van der Waals surface area (Å²) >= 11 is 0. The van der Waals surface area contributed by atoms with E-state index in [1.807, 2.05) is 37.3 Å². The number of rotatable bonds is 5. The molecule has 5 heteroatoms. The van der Waals surface area contributed by atoms with Crippen molar-refractivity contribution in [3.63, 3.8) is 0 Å².